The molecule has 1 N–H and O–H groups in total. The summed E-state index contributed by atoms with van der Waals surface area (Å²) >= 11 is 6.50. The Bertz CT molecular complexity index is 310. The molecule has 15 heavy (non-hydrogen) atoms. The molecule has 1 aromatic carbocycles. The first-order valence-electron chi connectivity index (χ1n) is 4.20. The Hall–Kier alpha value is 0.581. The number of rotatable bonds is 2. The molecule has 0 spiro atoms. The quantitative estimate of drug-likeness (QED) is 0.610. The fourth-order valence-corrected chi connectivity index (χ4v) is 1.19. The van der Waals surface area contributed by atoms with Gasteiger partial charge in [-0.2, -0.15) is 0 Å². The van der Waals surface area contributed by atoms with Crippen molar-refractivity contribution in [2.45, 2.75) is 13.1 Å². The topological polar surface area (TPSA) is 32.6 Å². The molecule has 1 rings (SSSR count). The minimum atomic E-state index is -0.590. The van der Waals surface area contributed by atoms with Crippen LogP contribution < -0.4 is 0 Å². The Kier molecular flexibility index (Phi) is 10.2. The van der Waals surface area contributed by atoms with Crippen molar-refractivity contribution in [2.75, 3.05) is 0 Å². The second-order valence-electron chi connectivity index (χ2n) is 2.84. The standard InChI is InChI=1S/C9H12NOSi.2BrH.Ti/c1-12(2)10-7-8-5-3-4-6-9(8)11;;;/h3-7,11H,1-2H3;2*1H;/q;;;+2/p-2/b10-7+;;;. The van der Waals surface area contributed by atoms with Crippen LogP contribution in [0.1, 0.15) is 5.56 Å². The van der Waals surface area contributed by atoms with Crippen LogP contribution in [0.2, 0.25) is 13.1 Å². The first kappa shape index (κ1) is 15.6. The van der Waals surface area contributed by atoms with Gasteiger partial charge in [0, 0.05) is 11.8 Å². The van der Waals surface area contributed by atoms with Gasteiger partial charge in [-0.15, -0.1) is 0 Å². The van der Waals surface area contributed by atoms with Gasteiger partial charge in [0.2, 0.25) is 0 Å². The number of para-hydroxylation sites is 1. The van der Waals surface area contributed by atoms with Crippen molar-refractivity contribution in [3.8, 4) is 5.75 Å². The number of benzene rings is 1. The molecule has 0 aliphatic carbocycles. The number of aromatic hydroxyl groups is 1. The third-order valence-electron chi connectivity index (χ3n) is 1.40. The summed E-state index contributed by atoms with van der Waals surface area (Å²) in [5.41, 5.74) is 0.795. The third kappa shape index (κ3) is 8.39. The average Bonchev–Trinajstić information content (AvgIpc) is 2.17. The number of phenols is 1. The van der Waals surface area contributed by atoms with E-state index in [1.54, 1.807) is 18.3 Å². The van der Waals surface area contributed by atoms with Crippen molar-refractivity contribution in [3.05, 3.63) is 29.8 Å². The van der Waals surface area contributed by atoms with Gasteiger partial charge >= 0.3 is 41.3 Å². The molecule has 0 unspecified atom stereocenters. The van der Waals surface area contributed by atoms with E-state index in [0.29, 0.717) is 5.75 Å². The number of nitrogens with zero attached hydrogens (tertiary/aromatic N) is 1. The second kappa shape index (κ2) is 9.78. The molecule has 0 saturated heterocycles. The van der Waals surface area contributed by atoms with E-state index in [-0.39, 0.29) is 15.0 Å². The van der Waals surface area contributed by atoms with Gasteiger partial charge in [0.15, 0.2) is 8.96 Å². The van der Waals surface area contributed by atoms with Crippen LogP contribution >= 0.6 is 26.3 Å². The molecule has 81 valence electrons. The van der Waals surface area contributed by atoms with E-state index < -0.39 is 8.96 Å². The average molecular weight is 386 g/mol. The van der Waals surface area contributed by atoms with Crippen LogP contribution in [0.5, 0.6) is 5.75 Å². The summed E-state index contributed by atoms with van der Waals surface area (Å²) in [5, 5.41) is 9.34. The van der Waals surface area contributed by atoms with Crippen LogP contribution in [0.4, 0.5) is 0 Å². The van der Waals surface area contributed by atoms with E-state index in [1.165, 1.54) is 0 Å². The van der Waals surface area contributed by atoms with Crippen molar-refractivity contribution in [3.63, 3.8) is 0 Å². The SMILES string of the molecule is C[Si](C)/N=C/c1ccccc1O.[Br][Ti][Br]. The zero-order chi connectivity index (χ0) is 11.7. The molecule has 0 fully saturated rings. The maximum absolute atomic E-state index is 9.34. The van der Waals surface area contributed by atoms with Crippen LogP contribution in [0, 0.1) is 0 Å². The summed E-state index contributed by atoms with van der Waals surface area (Å²) in [6, 6.07) is 7.21. The molecular weight excluding hydrogens is 374 g/mol. The predicted octanol–water partition coefficient (Wildman–Crippen LogP) is 3.75. The van der Waals surface area contributed by atoms with Crippen molar-refractivity contribution in [2.24, 2.45) is 4.66 Å². The summed E-state index contributed by atoms with van der Waals surface area (Å²) in [7, 11) is -0.590. The van der Waals surface area contributed by atoms with Crippen LogP contribution in [-0.2, 0) is 15.0 Å². The summed E-state index contributed by atoms with van der Waals surface area (Å²) in [4.78, 5) is 0. The molecule has 2 nitrogen and oxygen atoms in total. The zero-order valence-corrected chi connectivity index (χ0v) is 14.3. The monoisotopic (exact) mass is 384 g/mol. The van der Waals surface area contributed by atoms with E-state index in [0.717, 1.165) is 5.56 Å². The van der Waals surface area contributed by atoms with Crippen molar-refractivity contribution >= 4 is 41.5 Å². The van der Waals surface area contributed by atoms with Crippen LogP contribution in [-0.4, -0.2) is 20.3 Å². The van der Waals surface area contributed by atoms with E-state index >= 15 is 0 Å². The summed E-state index contributed by atoms with van der Waals surface area (Å²) in [6.07, 6.45) is 1.74. The number of hydrogen-bond donors (Lipinski definition) is 1. The van der Waals surface area contributed by atoms with Gasteiger partial charge in [0.25, 0.3) is 0 Å². The molecule has 1 aromatic rings. The van der Waals surface area contributed by atoms with E-state index in [2.05, 4.69) is 44.1 Å². The fraction of sp³-hybridized carbons (Fsp3) is 0.222. The van der Waals surface area contributed by atoms with Crippen molar-refractivity contribution in [1.29, 1.82) is 0 Å². The Labute approximate surface area is 114 Å². The van der Waals surface area contributed by atoms with E-state index in [1.807, 2.05) is 12.1 Å². The Morgan fingerprint density at radius 1 is 1.33 bits per heavy atom. The summed E-state index contributed by atoms with van der Waals surface area (Å²) in [6.45, 7) is 4.20. The van der Waals surface area contributed by atoms with Gasteiger partial charge in [-0.3, -0.25) is 0 Å². The van der Waals surface area contributed by atoms with Gasteiger partial charge in [-0.1, -0.05) is 25.2 Å². The first-order valence-corrected chi connectivity index (χ1v) is 14.4. The van der Waals surface area contributed by atoms with Gasteiger partial charge in [-0.05, 0) is 12.1 Å². The Morgan fingerprint density at radius 2 is 1.87 bits per heavy atom. The Morgan fingerprint density at radius 3 is 2.33 bits per heavy atom. The molecule has 0 aromatic heterocycles. The van der Waals surface area contributed by atoms with E-state index in [4.69, 9.17) is 0 Å². The first-order chi connectivity index (χ1) is 7.11. The van der Waals surface area contributed by atoms with Crippen LogP contribution in [0.15, 0.2) is 28.9 Å². The number of hydrogen-bond acceptors (Lipinski definition) is 2. The minimum absolute atomic E-state index is 0.125. The molecule has 0 bridgehead atoms. The summed E-state index contributed by atoms with van der Waals surface area (Å²) in [5.74, 6) is 0.296. The predicted molar refractivity (Wildman–Crippen MR) is 71.0 cm³/mol. The zero-order valence-electron chi connectivity index (χ0n) is 8.54. The van der Waals surface area contributed by atoms with Crippen LogP contribution in [0.3, 0.4) is 0 Å². The summed E-state index contributed by atoms with van der Waals surface area (Å²) < 4.78 is 4.27. The maximum atomic E-state index is 9.34. The molecular formula is C9H12Br2NOSiTi. The van der Waals surface area contributed by atoms with Crippen molar-refractivity contribution in [1.82, 2.24) is 0 Å². The molecule has 1 radical (unpaired) electrons. The molecule has 6 heteroatoms. The van der Waals surface area contributed by atoms with Gasteiger partial charge in [0.05, 0.1) is 0 Å². The molecule has 0 atom stereocenters. The third-order valence-corrected chi connectivity index (χ3v) is 2.04. The molecule has 0 amide bonds. The molecule has 0 aliphatic rings. The Balaban J connectivity index is 0.000000583. The van der Waals surface area contributed by atoms with Gasteiger partial charge in [0.1, 0.15) is 5.75 Å². The van der Waals surface area contributed by atoms with E-state index in [9.17, 15) is 5.11 Å². The van der Waals surface area contributed by atoms with Crippen LogP contribution in [0.25, 0.3) is 0 Å². The second-order valence-corrected chi connectivity index (χ2v) is 12.9. The van der Waals surface area contributed by atoms with Gasteiger partial charge in [-0.25, -0.2) is 0 Å². The normalized spacial score (nSPS) is 9.93. The van der Waals surface area contributed by atoms with Crippen molar-refractivity contribution < 1.29 is 20.1 Å². The van der Waals surface area contributed by atoms with Gasteiger partial charge < -0.3 is 9.76 Å². The fourth-order valence-electron chi connectivity index (χ4n) is 0.795. The molecule has 0 heterocycles. The molecule has 0 saturated carbocycles. The number of halogens is 2. The molecule has 0 aliphatic heterocycles. The number of phenolic OH excluding ortho intramolecular Hbond substituents is 1.